The number of H-pyrrole nitrogens is 1. The average Bonchev–Trinajstić information content (AvgIpc) is 3.55. The lowest BCUT2D eigenvalue weighted by Gasteiger charge is -2.35. The van der Waals surface area contributed by atoms with Crippen LogP contribution in [0, 0.1) is 0 Å². The van der Waals surface area contributed by atoms with Crippen molar-refractivity contribution >= 4 is 75.8 Å². The first-order valence-electron chi connectivity index (χ1n) is 15.6. The van der Waals surface area contributed by atoms with Crippen molar-refractivity contribution in [3.8, 4) is 5.75 Å². The van der Waals surface area contributed by atoms with E-state index in [1.165, 1.54) is 6.20 Å². The zero-order valence-corrected chi connectivity index (χ0v) is 28.5. The van der Waals surface area contributed by atoms with Gasteiger partial charge in [-0.3, -0.25) is 9.98 Å². The number of aliphatic imine (C=N–C) groups is 1. The van der Waals surface area contributed by atoms with Gasteiger partial charge in [-0.25, -0.2) is 0 Å². The molecule has 4 heterocycles. The summed E-state index contributed by atoms with van der Waals surface area (Å²) in [7, 11) is 3.11. The predicted octanol–water partition coefficient (Wildman–Crippen LogP) is 6.05. The number of benzene rings is 2. The van der Waals surface area contributed by atoms with E-state index in [0.717, 1.165) is 40.4 Å². The topological polar surface area (TPSA) is 133 Å². The van der Waals surface area contributed by atoms with Crippen LogP contribution in [0.5, 0.6) is 5.75 Å². The lowest BCUT2D eigenvalue weighted by Crippen LogP contribution is -2.44. The number of piperazine rings is 1. The fourth-order valence-electron chi connectivity index (χ4n) is 5.87. The fraction of sp³-hybridized carbons (Fsp3) is 0.294. The number of nitrogens with two attached hydrogens (primary N) is 1. The van der Waals surface area contributed by atoms with Gasteiger partial charge in [0.05, 0.1) is 28.5 Å². The van der Waals surface area contributed by atoms with Gasteiger partial charge in [0.2, 0.25) is 5.95 Å². The number of likely N-dealkylation sites (N-methyl/N-ethyl adjacent to an activating group) is 1. The van der Waals surface area contributed by atoms with Crippen LogP contribution in [0.1, 0.15) is 5.56 Å². The molecule has 0 radical (unpaired) electrons. The van der Waals surface area contributed by atoms with E-state index in [9.17, 15) is 13.2 Å². The number of rotatable bonds is 10. The summed E-state index contributed by atoms with van der Waals surface area (Å²) < 4.78 is 45.9. The normalized spacial score (nSPS) is 14.8. The fourth-order valence-corrected chi connectivity index (χ4v) is 7.13. The smallest absolute Gasteiger partial charge is 0.422 e. The van der Waals surface area contributed by atoms with Crippen LogP contribution in [0.2, 0.25) is 0 Å². The molecule has 5 N–H and O–H groups in total. The summed E-state index contributed by atoms with van der Waals surface area (Å²) in [6.07, 6.45) is 2.04. The van der Waals surface area contributed by atoms with Gasteiger partial charge in [0.25, 0.3) is 0 Å². The third kappa shape index (κ3) is 7.55. The number of nitrogens with one attached hydrogen (secondary N) is 3. The van der Waals surface area contributed by atoms with Gasteiger partial charge in [-0.1, -0.05) is 26.1 Å². The lowest BCUT2D eigenvalue weighted by atomic mass is 10.0. The molecule has 6 rings (SSSR count). The van der Waals surface area contributed by atoms with Crippen LogP contribution >= 0.6 is 7.92 Å². The second-order valence-electron chi connectivity index (χ2n) is 11.9. The number of hydrogen-bond acceptors (Lipinski definition) is 10. The second-order valence-corrected chi connectivity index (χ2v) is 14.1. The Morgan fingerprint density at radius 1 is 1.06 bits per heavy atom. The molecule has 0 bridgehead atoms. The second kappa shape index (κ2) is 14.3. The largest absolute Gasteiger partial charge is 0.482 e. The average molecular weight is 691 g/mol. The minimum atomic E-state index is -4.55. The van der Waals surface area contributed by atoms with Crippen LogP contribution in [0.4, 0.5) is 42.0 Å². The Labute approximate surface area is 283 Å². The summed E-state index contributed by atoms with van der Waals surface area (Å²) in [6, 6.07) is 13.2. The predicted molar refractivity (Wildman–Crippen MR) is 195 cm³/mol. The molecule has 0 unspecified atom stereocenters. The number of alkyl halides is 3. The van der Waals surface area contributed by atoms with Gasteiger partial charge in [0, 0.05) is 85.4 Å². The number of ether oxygens (including phenoxy) is 1. The number of halogens is 3. The molecule has 5 aromatic rings. The number of para-hydroxylation sites is 1. The summed E-state index contributed by atoms with van der Waals surface area (Å²) in [6.45, 7) is 5.79. The van der Waals surface area contributed by atoms with Gasteiger partial charge in [-0.15, -0.1) is 0 Å². The van der Waals surface area contributed by atoms with Gasteiger partial charge >= 0.3 is 6.18 Å². The van der Waals surface area contributed by atoms with Gasteiger partial charge in [0.1, 0.15) is 17.2 Å². The van der Waals surface area contributed by atoms with Crippen LogP contribution in [-0.2, 0) is 0 Å². The molecule has 3 aromatic heterocycles. The summed E-state index contributed by atoms with van der Waals surface area (Å²) >= 11 is 0. The highest BCUT2D eigenvalue weighted by molar-refractivity contribution is 7.65. The Morgan fingerprint density at radius 3 is 2.55 bits per heavy atom. The molecule has 49 heavy (non-hydrogen) atoms. The molecule has 0 atom stereocenters. The monoisotopic (exact) mass is 690 g/mol. The van der Waals surface area contributed by atoms with Crippen molar-refractivity contribution in [2.75, 3.05) is 75.7 Å². The number of fused-ring (bicyclic) bond motifs is 2. The number of aromatic nitrogens is 4. The Hall–Kier alpha value is -4.94. The van der Waals surface area contributed by atoms with E-state index in [1.807, 2.05) is 31.3 Å². The highest BCUT2D eigenvalue weighted by Crippen LogP contribution is 2.40. The van der Waals surface area contributed by atoms with E-state index < -0.39 is 20.7 Å². The standard InChI is InChI=1S/C34H38F3N10OP/c1-39-18-21(17-38)24-15-26(29(48-20-34(35,36)37)16-28(24)47-13-11-46(2)12-14-47)43-33-44-31-23(9-10-40-31)32(45-33)42-27-19-41-25-8-6-5-7-22(25)30(27)49(3)4/h5-10,15-19H,11-14,20,38H2,1-4H3,(H3,40,42,43,44,45). The molecule has 1 saturated heterocycles. The quantitative estimate of drug-likeness (QED) is 0.102. The molecular weight excluding hydrogens is 652 g/mol. The number of pyridine rings is 1. The van der Waals surface area contributed by atoms with Crippen molar-refractivity contribution in [2.24, 2.45) is 10.7 Å². The lowest BCUT2D eigenvalue weighted by molar-refractivity contribution is -0.153. The Balaban J connectivity index is 1.45. The highest BCUT2D eigenvalue weighted by atomic mass is 31.1. The molecule has 2 aromatic carbocycles. The molecular formula is C34H38F3N10OP. The van der Waals surface area contributed by atoms with Crippen molar-refractivity contribution in [1.82, 2.24) is 24.8 Å². The maximum absolute atomic E-state index is 13.5. The van der Waals surface area contributed by atoms with Crippen LogP contribution in [0.3, 0.4) is 0 Å². The SMILES string of the molecule is CN=CC(=CN)c1cc(Nc2nc(Nc3cnc4ccccc4c3P(C)C)c3cc[nH]c3n2)c(OCC(F)(F)F)cc1N1CCN(C)CC1. The van der Waals surface area contributed by atoms with Crippen LogP contribution in [0.25, 0.3) is 27.5 Å². The van der Waals surface area contributed by atoms with E-state index in [2.05, 4.69) is 59.8 Å². The maximum Gasteiger partial charge on any atom is 0.422 e. The molecule has 0 aliphatic carbocycles. The number of hydrogen-bond donors (Lipinski definition) is 4. The molecule has 0 amide bonds. The summed E-state index contributed by atoms with van der Waals surface area (Å²) in [5.41, 5.74) is 10.5. The molecule has 256 valence electrons. The first-order chi connectivity index (χ1) is 23.5. The Morgan fingerprint density at radius 2 is 1.84 bits per heavy atom. The molecule has 0 spiro atoms. The van der Waals surface area contributed by atoms with E-state index in [0.29, 0.717) is 41.4 Å². The van der Waals surface area contributed by atoms with E-state index >= 15 is 0 Å². The Bertz CT molecular complexity index is 2020. The summed E-state index contributed by atoms with van der Waals surface area (Å²) in [5, 5.41) is 9.57. The minimum Gasteiger partial charge on any atom is -0.482 e. The number of allylic oxidation sites excluding steroid dienone is 1. The van der Waals surface area contributed by atoms with Crippen LogP contribution in [0.15, 0.2) is 66.1 Å². The molecule has 15 heteroatoms. The molecule has 1 aliphatic rings. The van der Waals surface area contributed by atoms with Crippen molar-refractivity contribution in [2.45, 2.75) is 6.18 Å². The van der Waals surface area contributed by atoms with Crippen molar-refractivity contribution in [3.05, 3.63) is 66.6 Å². The molecule has 11 nitrogen and oxygen atoms in total. The van der Waals surface area contributed by atoms with E-state index in [4.69, 9.17) is 15.5 Å². The van der Waals surface area contributed by atoms with E-state index in [1.54, 1.807) is 37.8 Å². The van der Waals surface area contributed by atoms with Crippen LogP contribution < -0.4 is 31.3 Å². The van der Waals surface area contributed by atoms with E-state index in [-0.39, 0.29) is 17.4 Å². The first-order valence-corrected chi connectivity index (χ1v) is 17.9. The zero-order chi connectivity index (χ0) is 34.7. The Kier molecular flexibility index (Phi) is 9.89. The van der Waals surface area contributed by atoms with Gasteiger partial charge in [-0.05, 0) is 38.6 Å². The number of aromatic amines is 1. The van der Waals surface area contributed by atoms with Gasteiger partial charge in [0.15, 0.2) is 6.61 Å². The van der Waals surface area contributed by atoms with Gasteiger partial charge < -0.3 is 35.9 Å². The molecule has 0 saturated carbocycles. The summed E-state index contributed by atoms with van der Waals surface area (Å²) in [5.74, 6) is 0.630. The van der Waals surface area contributed by atoms with Crippen molar-refractivity contribution < 1.29 is 17.9 Å². The summed E-state index contributed by atoms with van der Waals surface area (Å²) in [4.78, 5) is 25.7. The first kappa shape index (κ1) is 33.9. The maximum atomic E-state index is 13.5. The minimum absolute atomic E-state index is 0.00636. The third-order valence-electron chi connectivity index (χ3n) is 8.20. The molecule has 1 aliphatic heterocycles. The third-order valence-corrected chi connectivity index (χ3v) is 9.58. The number of nitrogens with zero attached hydrogens (tertiary/aromatic N) is 6. The van der Waals surface area contributed by atoms with Crippen molar-refractivity contribution in [3.63, 3.8) is 0 Å². The molecule has 1 fully saturated rings. The van der Waals surface area contributed by atoms with Crippen LogP contribution in [-0.4, -0.2) is 97.4 Å². The number of anilines is 5. The van der Waals surface area contributed by atoms with Crippen molar-refractivity contribution in [1.29, 1.82) is 0 Å². The zero-order valence-electron chi connectivity index (χ0n) is 27.6. The highest BCUT2D eigenvalue weighted by Gasteiger charge is 2.30. The van der Waals surface area contributed by atoms with Gasteiger partial charge in [-0.2, -0.15) is 23.1 Å².